The van der Waals surface area contributed by atoms with E-state index in [9.17, 15) is 9.59 Å². The van der Waals surface area contributed by atoms with Crippen LogP contribution >= 0.6 is 0 Å². The molecule has 0 radical (unpaired) electrons. The number of carbonyl (C=O) groups is 2. The average molecular weight is 269 g/mol. The molecule has 1 N–H and O–H groups in total. The van der Waals surface area contributed by atoms with Gasteiger partial charge in [-0.2, -0.15) is 0 Å². The maximum Gasteiger partial charge on any atom is 0.234 e. The number of nitrogens with zero attached hydrogens (tertiary/aromatic N) is 2. The summed E-state index contributed by atoms with van der Waals surface area (Å²) in [5.41, 5.74) is -0.184. The molecule has 0 atom stereocenters. The average Bonchev–Trinajstić information content (AvgIpc) is 2.26. The molecule has 1 heterocycles. The maximum atomic E-state index is 11.8. The van der Waals surface area contributed by atoms with Gasteiger partial charge in [-0.1, -0.05) is 0 Å². The van der Waals surface area contributed by atoms with Crippen LogP contribution in [0, 0.1) is 5.92 Å². The molecule has 19 heavy (non-hydrogen) atoms. The van der Waals surface area contributed by atoms with Crippen molar-refractivity contribution in [2.45, 2.75) is 39.2 Å². The minimum Gasteiger partial charge on any atom is -0.350 e. The predicted octanol–water partition coefficient (Wildman–Crippen LogP) is 0.701. The zero-order valence-corrected chi connectivity index (χ0v) is 12.8. The molecule has 0 aromatic rings. The van der Waals surface area contributed by atoms with Crippen LogP contribution in [0.15, 0.2) is 0 Å². The van der Waals surface area contributed by atoms with E-state index < -0.39 is 0 Å². The van der Waals surface area contributed by atoms with Crippen molar-refractivity contribution in [3.05, 3.63) is 0 Å². The first-order chi connectivity index (χ1) is 8.69. The number of carbonyl (C=O) groups excluding carboxylic acids is 2. The first-order valence-electron chi connectivity index (χ1n) is 6.93. The van der Waals surface area contributed by atoms with E-state index in [0.29, 0.717) is 6.54 Å². The van der Waals surface area contributed by atoms with Crippen LogP contribution in [0.25, 0.3) is 0 Å². The molecule has 0 aromatic carbocycles. The third-order valence-electron chi connectivity index (χ3n) is 3.26. The number of piperidine rings is 1. The van der Waals surface area contributed by atoms with E-state index in [4.69, 9.17) is 0 Å². The van der Waals surface area contributed by atoms with Crippen LogP contribution in [-0.4, -0.2) is 60.9 Å². The van der Waals surface area contributed by atoms with Gasteiger partial charge in [-0.05, 0) is 46.7 Å². The third kappa shape index (κ3) is 5.59. The number of rotatable bonds is 3. The highest BCUT2D eigenvalue weighted by atomic mass is 16.2. The Labute approximate surface area is 116 Å². The molecule has 0 aliphatic carbocycles. The molecule has 0 spiro atoms. The zero-order valence-electron chi connectivity index (χ0n) is 12.8. The summed E-state index contributed by atoms with van der Waals surface area (Å²) in [5.74, 6) is 0.389. The van der Waals surface area contributed by atoms with E-state index in [0.717, 1.165) is 25.9 Å². The van der Waals surface area contributed by atoms with Crippen molar-refractivity contribution >= 4 is 11.8 Å². The molecule has 0 aromatic heterocycles. The second kappa shape index (κ2) is 6.37. The molecule has 5 nitrogen and oxygen atoms in total. The molecule has 1 fully saturated rings. The Balaban J connectivity index is 2.34. The summed E-state index contributed by atoms with van der Waals surface area (Å²) >= 11 is 0. The molecule has 2 amide bonds. The van der Waals surface area contributed by atoms with Gasteiger partial charge in [0, 0.05) is 25.6 Å². The Morgan fingerprint density at radius 2 is 1.74 bits per heavy atom. The van der Waals surface area contributed by atoms with Crippen molar-refractivity contribution in [3.8, 4) is 0 Å². The van der Waals surface area contributed by atoms with Crippen molar-refractivity contribution in [1.82, 2.24) is 15.1 Å². The standard InChI is InChI=1S/C14H27N3O2/c1-14(2,3)15-12(18)10-17-8-6-11(7-9-17)13(19)16(4)5/h11H,6-10H2,1-5H3,(H,15,18). The van der Waals surface area contributed by atoms with E-state index in [1.165, 1.54) is 0 Å². The first kappa shape index (κ1) is 16.0. The lowest BCUT2D eigenvalue weighted by molar-refractivity contribution is -0.134. The summed E-state index contributed by atoms with van der Waals surface area (Å²) in [7, 11) is 3.59. The summed E-state index contributed by atoms with van der Waals surface area (Å²) in [6.45, 7) is 8.01. The second-order valence-electron chi connectivity index (χ2n) is 6.58. The SMILES string of the molecule is CN(C)C(=O)C1CCN(CC(=O)NC(C)(C)C)CC1. The molecule has 110 valence electrons. The highest BCUT2D eigenvalue weighted by Gasteiger charge is 2.27. The highest BCUT2D eigenvalue weighted by molar-refractivity contribution is 5.79. The van der Waals surface area contributed by atoms with Crippen molar-refractivity contribution in [2.75, 3.05) is 33.7 Å². The fourth-order valence-electron chi connectivity index (χ4n) is 2.36. The number of amides is 2. The first-order valence-corrected chi connectivity index (χ1v) is 6.93. The normalized spacial score (nSPS) is 18.2. The Morgan fingerprint density at radius 3 is 2.16 bits per heavy atom. The second-order valence-corrected chi connectivity index (χ2v) is 6.58. The Bertz CT molecular complexity index is 326. The van der Waals surface area contributed by atoms with Gasteiger partial charge in [0.05, 0.1) is 6.54 Å². The van der Waals surface area contributed by atoms with Crippen LogP contribution in [-0.2, 0) is 9.59 Å². The quantitative estimate of drug-likeness (QED) is 0.820. The number of likely N-dealkylation sites (tertiary alicyclic amines) is 1. The highest BCUT2D eigenvalue weighted by Crippen LogP contribution is 2.18. The van der Waals surface area contributed by atoms with Gasteiger partial charge in [0.15, 0.2) is 0 Å². The smallest absolute Gasteiger partial charge is 0.234 e. The predicted molar refractivity (Wildman–Crippen MR) is 75.8 cm³/mol. The fourth-order valence-corrected chi connectivity index (χ4v) is 2.36. The lowest BCUT2D eigenvalue weighted by Gasteiger charge is -2.32. The van der Waals surface area contributed by atoms with Gasteiger partial charge in [-0.15, -0.1) is 0 Å². The van der Waals surface area contributed by atoms with Crippen LogP contribution in [0.2, 0.25) is 0 Å². The molecular weight excluding hydrogens is 242 g/mol. The summed E-state index contributed by atoms with van der Waals surface area (Å²) in [6, 6.07) is 0. The van der Waals surface area contributed by atoms with Gasteiger partial charge in [-0.25, -0.2) is 0 Å². The van der Waals surface area contributed by atoms with Crippen molar-refractivity contribution < 1.29 is 9.59 Å². The van der Waals surface area contributed by atoms with Crippen molar-refractivity contribution in [2.24, 2.45) is 5.92 Å². The molecule has 5 heteroatoms. The topological polar surface area (TPSA) is 52.7 Å². The van der Waals surface area contributed by atoms with Crippen LogP contribution in [0.4, 0.5) is 0 Å². The van der Waals surface area contributed by atoms with Crippen molar-refractivity contribution in [3.63, 3.8) is 0 Å². The molecule has 0 unspecified atom stereocenters. The zero-order chi connectivity index (χ0) is 14.6. The van der Waals surface area contributed by atoms with Crippen molar-refractivity contribution in [1.29, 1.82) is 0 Å². The van der Waals surface area contributed by atoms with E-state index in [2.05, 4.69) is 10.2 Å². The summed E-state index contributed by atoms with van der Waals surface area (Å²) in [4.78, 5) is 27.4. The van der Waals surface area contributed by atoms with E-state index in [1.807, 2.05) is 20.8 Å². The minimum absolute atomic E-state index is 0.0601. The molecule has 1 aliphatic heterocycles. The molecule has 0 saturated carbocycles. The van der Waals surface area contributed by atoms with Crippen LogP contribution in [0.5, 0.6) is 0 Å². The van der Waals surface area contributed by atoms with Crippen LogP contribution in [0.3, 0.4) is 0 Å². The molecule has 1 saturated heterocycles. The summed E-state index contributed by atoms with van der Waals surface area (Å²) < 4.78 is 0. The van der Waals surface area contributed by atoms with E-state index in [1.54, 1.807) is 19.0 Å². The monoisotopic (exact) mass is 269 g/mol. The van der Waals surface area contributed by atoms with Crippen LogP contribution < -0.4 is 5.32 Å². The summed E-state index contributed by atoms with van der Waals surface area (Å²) in [6.07, 6.45) is 1.69. The molecular formula is C14H27N3O2. The van der Waals surface area contributed by atoms with E-state index in [-0.39, 0.29) is 23.3 Å². The fraction of sp³-hybridized carbons (Fsp3) is 0.857. The van der Waals surface area contributed by atoms with Crippen LogP contribution in [0.1, 0.15) is 33.6 Å². The van der Waals surface area contributed by atoms with Gasteiger partial charge < -0.3 is 10.2 Å². The van der Waals surface area contributed by atoms with Gasteiger partial charge in [0.25, 0.3) is 0 Å². The summed E-state index contributed by atoms with van der Waals surface area (Å²) in [5, 5.41) is 2.96. The van der Waals surface area contributed by atoms with Gasteiger partial charge >= 0.3 is 0 Å². The van der Waals surface area contributed by atoms with E-state index >= 15 is 0 Å². The number of nitrogens with one attached hydrogen (secondary N) is 1. The van der Waals surface area contributed by atoms with Gasteiger partial charge in [-0.3, -0.25) is 14.5 Å². The lowest BCUT2D eigenvalue weighted by Crippen LogP contribution is -2.48. The Morgan fingerprint density at radius 1 is 1.21 bits per heavy atom. The maximum absolute atomic E-state index is 11.8. The molecule has 1 rings (SSSR count). The largest absolute Gasteiger partial charge is 0.350 e. The number of hydrogen-bond acceptors (Lipinski definition) is 3. The Kier molecular flexibility index (Phi) is 5.35. The Hall–Kier alpha value is -1.10. The minimum atomic E-state index is -0.184. The molecule has 1 aliphatic rings. The van der Waals surface area contributed by atoms with Gasteiger partial charge in [0.1, 0.15) is 0 Å². The third-order valence-corrected chi connectivity index (χ3v) is 3.26. The lowest BCUT2D eigenvalue weighted by atomic mass is 9.95. The van der Waals surface area contributed by atoms with Gasteiger partial charge in [0.2, 0.25) is 11.8 Å². The molecule has 0 bridgehead atoms. The number of hydrogen-bond donors (Lipinski definition) is 1.